The van der Waals surface area contributed by atoms with Crippen LogP contribution in [0.1, 0.15) is 60.3 Å². The quantitative estimate of drug-likeness (QED) is 0.433. The Bertz CT molecular complexity index is 881. The van der Waals surface area contributed by atoms with Gasteiger partial charge in [-0.05, 0) is 55.1 Å². The van der Waals surface area contributed by atoms with Gasteiger partial charge in [-0.1, -0.05) is 62.2 Å². The van der Waals surface area contributed by atoms with Crippen LogP contribution in [-0.4, -0.2) is 46.6 Å². The average molecular weight is 509 g/mol. The van der Waals surface area contributed by atoms with Crippen molar-refractivity contribution in [1.29, 1.82) is 0 Å². The summed E-state index contributed by atoms with van der Waals surface area (Å²) in [6.07, 6.45) is 7.28. The molecule has 9 atom stereocenters. The molecule has 0 aromatic heterocycles. The Balaban J connectivity index is 1.86. The van der Waals surface area contributed by atoms with Crippen molar-refractivity contribution in [1.82, 2.24) is 0 Å². The maximum atomic E-state index is 13.5. The number of aliphatic hydroxyl groups excluding tert-OH is 1. The third-order valence-corrected chi connectivity index (χ3v) is 11.6. The van der Waals surface area contributed by atoms with E-state index in [1.54, 1.807) is 19.3 Å². The number of rotatable bonds is 5. The van der Waals surface area contributed by atoms with E-state index in [9.17, 15) is 14.7 Å². The molecule has 6 heteroatoms. The lowest BCUT2D eigenvalue weighted by Gasteiger charge is -2.65. The molecule has 0 bridgehead atoms. The number of aliphatic hydroxyl groups is 1. The van der Waals surface area contributed by atoms with Crippen LogP contribution in [0, 0.1) is 34.5 Å². The van der Waals surface area contributed by atoms with Crippen LogP contribution in [0.5, 0.6) is 0 Å². The van der Waals surface area contributed by atoms with Crippen molar-refractivity contribution in [3.05, 3.63) is 23.8 Å². The number of halogens is 1. The summed E-state index contributed by atoms with van der Waals surface area (Å²) in [6.45, 7) is 10.6. The van der Waals surface area contributed by atoms with Crippen LogP contribution in [0.25, 0.3) is 0 Å². The first kappa shape index (κ1) is 24.3. The predicted molar refractivity (Wildman–Crippen MR) is 126 cm³/mol. The summed E-state index contributed by atoms with van der Waals surface area (Å²) in [6, 6.07) is 0. The molecule has 0 amide bonds. The minimum absolute atomic E-state index is 0.0176. The third-order valence-electron chi connectivity index (χ3n) is 9.65. The van der Waals surface area contributed by atoms with Gasteiger partial charge in [0.2, 0.25) is 0 Å². The fourth-order valence-corrected chi connectivity index (χ4v) is 9.35. The molecule has 0 spiro atoms. The van der Waals surface area contributed by atoms with Crippen molar-refractivity contribution < 1.29 is 24.2 Å². The number of carbonyl (C=O) groups excluding carboxylic acids is 2. The first-order valence-electron chi connectivity index (χ1n) is 11.9. The van der Waals surface area contributed by atoms with Crippen LogP contribution in [0.3, 0.4) is 0 Å². The van der Waals surface area contributed by atoms with Crippen LogP contribution in [-0.2, 0) is 19.1 Å². The van der Waals surface area contributed by atoms with Gasteiger partial charge >= 0.3 is 0 Å². The fourth-order valence-electron chi connectivity index (χ4n) is 8.32. The zero-order chi connectivity index (χ0) is 23.7. The number of Topliss-reactive ketones (excluding diaryl/α,β-unsaturated/α-hetero) is 1. The lowest BCUT2D eigenvalue weighted by molar-refractivity contribution is -0.217. The molecule has 4 rings (SSSR count). The van der Waals surface area contributed by atoms with Crippen molar-refractivity contribution >= 4 is 27.5 Å². The fraction of sp³-hybridized carbons (Fsp3) is 0.769. The number of methoxy groups -OCH3 is 1. The lowest BCUT2D eigenvalue weighted by Crippen LogP contribution is -2.69. The van der Waals surface area contributed by atoms with Gasteiger partial charge in [-0.2, -0.15) is 0 Å². The molecule has 0 aliphatic heterocycles. The summed E-state index contributed by atoms with van der Waals surface area (Å²) in [5.74, 6) is 0.673. The maximum absolute atomic E-state index is 13.5. The molecule has 1 N–H and O–H groups in total. The molecule has 178 valence electrons. The molecule has 0 aromatic carbocycles. The van der Waals surface area contributed by atoms with E-state index in [-0.39, 0.29) is 42.0 Å². The molecule has 3 fully saturated rings. The van der Waals surface area contributed by atoms with Gasteiger partial charge in [0.25, 0.3) is 0 Å². The van der Waals surface area contributed by atoms with Crippen LogP contribution >= 0.6 is 15.9 Å². The third kappa shape index (κ3) is 2.79. The van der Waals surface area contributed by atoms with Crippen molar-refractivity contribution in [3.8, 4) is 0 Å². The number of carbonyl (C=O) groups is 2. The number of hydrogen-bond donors (Lipinski definition) is 1. The highest BCUT2D eigenvalue weighted by Gasteiger charge is 2.75. The Morgan fingerprint density at radius 1 is 1.25 bits per heavy atom. The predicted octanol–water partition coefficient (Wildman–Crippen LogP) is 4.61. The average Bonchev–Trinajstić information content (AvgIpc) is 2.96. The first-order valence-corrected chi connectivity index (χ1v) is 12.7. The largest absolute Gasteiger partial charge is 0.392 e. The van der Waals surface area contributed by atoms with Crippen LogP contribution < -0.4 is 0 Å². The lowest BCUT2D eigenvalue weighted by atomic mass is 9.44. The number of fused-ring (bicyclic) bond motifs is 5. The minimum Gasteiger partial charge on any atom is -0.392 e. The van der Waals surface area contributed by atoms with E-state index in [0.29, 0.717) is 12.8 Å². The van der Waals surface area contributed by atoms with E-state index in [4.69, 9.17) is 9.47 Å². The van der Waals surface area contributed by atoms with Gasteiger partial charge in [-0.15, -0.1) is 0 Å². The van der Waals surface area contributed by atoms with Gasteiger partial charge < -0.3 is 14.6 Å². The summed E-state index contributed by atoms with van der Waals surface area (Å²) >= 11 is 4.10. The summed E-state index contributed by atoms with van der Waals surface area (Å²) in [7, 11) is 1.58. The zero-order valence-electron chi connectivity index (χ0n) is 20.1. The zero-order valence-corrected chi connectivity index (χ0v) is 21.7. The minimum atomic E-state index is -0.976. The van der Waals surface area contributed by atoms with E-state index in [0.717, 1.165) is 18.4 Å². The number of ether oxygens (including phenoxy) is 2. The molecule has 0 radical (unpaired) electrons. The summed E-state index contributed by atoms with van der Waals surface area (Å²) in [4.78, 5) is 25.7. The van der Waals surface area contributed by atoms with Crippen LogP contribution in [0.4, 0.5) is 0 Å². The highest BCUT2D eigenvalue weighted by molar-refractivity contribution is 9.10. The number of hydrogen-bond acceptors (Lipinski definition) is 5. The molecule has 0 heterocycles. The Labute approximate surface area is 200 Å². The Kier molecular flexibility index (Phi) is 5.97. The van der Waals surface area contributed by atoms with Gasteiger partial charge in [-0.25, -0.2) is 0 Å². The maximum Gasteiger partial charge on any atom is 0.178 e. The summed E-state index contributed by atoms with van der Waals surface area (Å²) in [5, 5.41) is 11.8. The Morgan fingerprint density at radius 2 is 1.94 bits per heavy atom. The van der Waals surface area contributed by atoms with Crippen LogP contribution in [0.15, 0.2) is 23.8 Å². The first-order chi connectivity index (χ1) is 14.9. The highest BCUT2D eigenvalue weighted by atomic mass is 79.9. The van der Waals surface area contributed by atoms with Gasteiger partial charge in [0, 0.05) is 24.4 Å². The molecular formula is C26H37BrO5. The molecule has 32 heavy (non-hydrogen) atoms. The van der Waals surface area contributed by atoms with Crippen molar-refractivity contribution in [3.63, 3.8) is 0 Å². The normalized spacial score (nSPS) is 49.8. The number of alkyl halides is 1. The van der Waals surface area contributed by atoms with E-state index in [1.165, 1.54) is 0 Å². The molecule has 4 aliphatic carbocycles. The van der Waals surface area contributed by atoms with Crippen LogP contribution in [0.2, 0.25) is 0 Å². The van der Waals surface area contributed by atoms with E-state index in [1.807, 2.05) is 13.0 Å². The topological polar surface area (TPSA) is 72.8 Å². The van der Waals surface area contributed by atoms with Crippen molar-refractivity contribution in [2.24, 2.45) is 34.5 Å². The van der Waals surface area contributed by atoms with Crippen molar-refractivity contribution in [2.45, 2.75) is 76.3 Å². The summed E-state index contributed by atoms with van der Waals surface area (Å²) < 4.78 is 11.0. The highest BCUT2D eigenvalue weighted by Crippen LogP contribution is 2.73. The Hall–Kier alpha value is -0.820. The van der Waals surface area contributed by atoms with Gasteiger partial charge in [0.1, 0.15) is 12.4 Å². The van der Waals surface area contributed by atoms with E-state index in [2.05, 4.69) is 43.6 Å². The van der Waals surface area contributed by atoms with E-state index < -0.39 is 26.9 Å². The second-order valence-corrected chi connectivity index (χ2v) is 12.3. The van der Waals surface area contributed by atoms with Gasteiger partial charge in [-0.3, -0.25) is 9.59 Å². The van der Waals surface area contributed by atoms with Gasteiger partial charge in [0.05, 0.1) is 10.4 Å². The second kappa shape index (κ2) is 7.86. The molecule has 0 unspecified atom stereocenters. The molecule has 3 saturated carbocycles. The standard InChI is InChI=1S/C26H37BrO5/c1-7-21(29)26(32-14-31-6)16(3)11-19-20-10-15(2)18-12-17(28)8-9-23(18,4)25(20,27)22(30)13-24(19,26)5/h8-9,12,15-16,19-20,22,30H,7,10-11,13-14H2,1-6H3/t15-,16-,19-,20-,22-,23-,24-,25-,26-/m0/s1. The molecule has 0 aromatic rings. The van der Waals surface area contributed by atoms with Crippen molar-refractivity contribution in [2.75, 3.05) is 13.9 Å². The smallest absolute Gasteiger partial charge is 0.178 e. The Morgan fingerprint density at radius 3 is 2.56 bits per heavy atom. The van der Waals surface area contributed by atoms with Gasteiger partial charge in [0.15, 0.2) is 11.6 Å². The summed E-state index contributed by atoms with van der Waals surface area (Å²) in [5.41, 5.74) is -0.861. The second-order valence-electron chi connectivity index (χ2n) is 11.0. The molecular weight excluding hydrogens is 472 g/mol. The SMILES string of the molecule is CCC(=O)[C@@]1(OCOC)[C@@H](C)C[C@H]2[C@@H]3C[C@H](C)C4=CC(=O)C=C[C@]4(C)[C@@]3(Br)[C@@H](O)C[C@@]21C. The number of allylic oxidation sites excluding steroid dienone is 4. The monoisotopic (exact) mass is 508 g/mol. The molecule has 0 saturated heterocycles. The number of ketones is 2. The van der Waals surface area contributed by atoms with E-state index >= 15 is 0 Å². The molecule has 4 aliphatic rings. The molecule has 5 nitrogen and oxygen atoms in total.